The van der Waals surface area contributed by atoms with E-state index in [0.29, 0.717) is 23.9 Å². The van der Waals surface area contributed by atoms with E-state index in [1.165, 1.54) is 24.5 Å². The number of halogens is 1. The third kappa shape index (κ3) is 4.53. The van der Waals surface area contributed by atoms with Crippen molar-refractivity contribution in [2.45, 2.75) is 6.54 Å². The molecule has 0 atom stereocenters. The van der Waals surface area contributed by atoms with Crippen molar-refractivity contribution in [2.24, 2.45) is 0 Å². The van der Waals surface area contributed by atoms with Gasteiger partial charge in [0.25, 0.3) is 5.91 Å². The quantitative estimate of drug-likeness (QED) is 0.651. The smallest absolute Gasteiger partial charge is 0.275 e. The van der Waals surface area contributed by atoms with E-state index in [1.54, 1.807) is 26.4 Å². The van der Waals surface area contributed by atoms with E-state index in [9.17, 15) is 9.18 Å². The van der Waals surface area contributed by atoms with Gasteiger partial charge in [0.15, 0.2) is 11.5 Å². The van der Waals surface area contributed by atoms with Crippen LogP contribution in [0.2, 0.25) is 0 Å². The zero-order valence-corrected chi connectivity index (χ0v) is 15.4. The van der Waals surface area contributed by atoms with Gasteiger partial charge in [-0.3, -0.25) is 4.79 Å². The molecule has 0 aliphatic heterocycles. The van der Waals surface area contributed by atoms with Crippen molar-refractivity contribution in [1.29, 1.82) is 0 Å². The molecule has 3 rings (SSSR count). The molecular formula is C20H19FN4O3. The number of para-hydroxylation sites is 1. The van der Waals surface area contributed by atoms with Gasteiger partial charge < -0.3 is 20.1 Å². The molecule has 1 heterocycles. The van der Waals surface area contributed by atoms with Crippen molar-refractivity contribution in [3.8, 4) is 11.5 Å². The van der Waals surface area contributed by atoms with Crippen LogP contribution >= 0.6 is 0 Å². The van der Waals surface area contributed by atoms with Crippen LogP contribution in [-0.2, 0) is 6.54 Å². The highest BCUT2D eigenvalue weighted by atomic mass is 19.1. The molecule has 7 nitrogen and oxygen atoms in total. The summed E-state index contributed by atoms with van der Waals surface area (Å²) < 4.78 is 24.1. The summed E-state index contributed by atoms with van der Waals surface area (Å²) in [5, 5.41) is 5.58. The number of benzene rings is 2. The third-order valence-corrected chi connectivity index (χ3v) is 3.93. The third-order valence-electron chi connectivity index (χ3n) is 3.93. The number of methoxy groups -OCH3 is 2. The van der Waals surface area contributed by atoms with Gasteiger partial charge in [0, 0.05) is 6.54 Å². The summed E-state index contributed by atoms with van der Waals surface area (Å²) in [4.78, 5) is 20.4. The molecule has 0 aliphatic carbocycles. The van der Waals surface area contributed by atoms with E-state index < -0.39 is 11.7 Å². The Morgan fingerprint density at radius 3 is 2.50 bits per heavy atom. The van der Waals surface area contributed by atoms with Crippen molar-refractivity contribution in [1.82, 2.24) is 9.97 Å². The van der Waals surface area contributed by atoms with Crippen LogP contribution in [0.5, 0.6) is 11.5 Å². The van der Waals surface area contributed by atoms with Gasteiger partial charge in [-0.1, -0.05) is 18.2 Å². The molecule has 28 heavy (non-hydrogen) atoms. The molecule has 0 bridgehead atoms. The molecule has 0 radical (unpaired) electrons. The number of ether oxygens (including phenoxy) is 2. The summed E-state index contributed by atoms with van der Waals surface area (Å²) in [5.41, 5.74) is 1.13. The number of anilines is 2. The number of hydrogen-bond acceptors (Lipinski definition) is 6. The monoisotopic (exact) mass is 382 g/mol. The Labute approximate surface area is 161 Å². The second kappa shape index (κ2) is 8.81. The lowest BCUT2D eigenvalue weighted by atomic mass is 10.2. The number of amides is 1. The number of aromatic nitrogens is 2. The molecule has 0 unspecified atom stereocenters. The minimum Gasteiger partial charge on any atom is -0.493 e. The zero-order chi connectivity index (χ0) is 19.9. The fourth-order valence-corrected chi connectivity index (χ4v) is 2.47. The molecule has 0 fully saturated rings. The summed E-state index contributed by atoms with van der Waals surface area (Å²) in [6.07, 6.45) is 2.77. The summed E-state index contributed by atoms with van der Waals surface area (Å²) in [6, 6.07) is 11.5. The maximum absolute atomic E-state index is 13.6. The predicted molar refractivity (Wildman–Crippen MR) is 103 cm³/mol. The van der Waals surface area contributed by atoms with E-state index in [1.807, 2.05) is 18.2 Å². The second-order valence-corrected chi connectivity index (χ2v) is 5.76. The standard InChI is InChI=1S/C20H19FN4O3/c1-27-17-8-7-13(9-18(17)28-2)10-23-19-12-22-16(11-24-19)20(26)25-15-6-4-3-5-14(15)21/h3-9,11-12H,10H2,1-2H3,(H,23,24)(H,25,26). The molecule has 0 saturated heterocycles. The van der Waals surface area contributed by atoms with Gasteiger partial charge in [-0.2, -0.15) is 0 Å². The average Bonchev–Trinajstić information content (AvgIpc) is 2.74. The van der Waals surface area contributed by atoms with E-state index in [0.717, 1.165) is 5.56 Å². The van der Waals surface area contributed by atoms with E-state index in [-0.39, 0.29) is 11.4 Å². The highest BCUT2D eigenvalue weighted by Gasteiger charge is 2.11. The Morgan fingerprint density at radius 2 is 1.82 bits per heavy atom. The summed E-state index contributed by atoms with van der Waals surface area (Å²) in [6.45, 7) is 0.482. The van der Waals surface area contributed by atoms with Crippen molar-refractivity contribution in [2.75, 3.05) is 24.9 Å². The molecule has 3 aromatic rings. The Hall–Kier alpha value is -3.68. The number of nitrogens with zero attached hydrogens (tertiary/aromatic N) is 2. The van der Waals surface area contributed by atoms with Gasteiger partial charge in [-0.05, 0) is 29.8 Å². The minimum atomic E-state index is -0.538. The second-order valence-electron chi connectivity index (χ2n) is 5.76. The molecular weight excluding hydrogens is 363 g/mol. The molecule has 144 valence electrons. The molecule has 1 amide bonds. The van der Waals surface area contributed by atoms with Gasteiger partial charge in [-0.25, -0.2) is 14.4 Å². The molecule has 2 N–H and O–H groups in total. The average molecular weight is 382 g/mol. The predicted octanol–water partition coefficient (Wildman–Crippen LogP) is 3.50. The van der Waals surface area contributed by atoms with Gasteiger partial charge in [0.05, 0.1) is 32.3 Å². The van der Waals surface area contributed by atoms with Gasteiger partial charge >= 0.3 is 0 Å². The molecule has 1 aromatic heterocycles. The van der Waals surface area contributed by atoms with Crippen molar-refractivity contribution < 1.29 is 18.7 Å². The van der Waals surface area contributed by atoms with E-state index in [2.05, 4.69) is 20.6 Å². The Bertz CT molecular complexity index is 964. The lowest BCUT2D eigenvalue weighted by molar-refractivity contribution is 0.102. The SMILES string of the molecule is COc1ccc(CNc2cnc(C(=O)Nc3ccccc3F)cn2)cc1OC. The van der Waals surface area contributed by atoms with Gasteiger partial charge in [-0.15, -0.1) is 0 Å². The van der Waals surface area contributed by atoms with Crippen molar-refractivity contribution >= 4 is 17.4 Å². The first-order valence-corrected chi connectivity index (χ1v) is 8.43. The molecule has 0 aliphatic rings. The fourth-order valence-electron chi connectivity index (χ4n) is 2.47. The number of carbonyl (C=O) groups is 1. The Balaban J connectivity index is 1.61. The molecule has 0 saturated carbocycles. The van der Waals surface area contributed by atoms with Crippen LogP contribution in [0.25, 0.3) is 0 Å². The largest absolute Gasteiger partial charge is 0.493 e. The van der Waals surface area contributed by atoms with Crippen LogP contribution in [0.15, 0.2) is 54.9 Å². The lowest BCUT2D eigenvalue weighted by Crippen LogP contribution is -2.15. The molecule has 8 heteroatoms. The van der Waals surface area contributed by atoms with Crippen LogP contribution in [0.1, 0.15) is 16.1 Å². The lowest BCUT2D eigenvalue weighted by Gasteiger charge is -2.10. The van der Waals surface area contributed by atoms with Crippen LogP contribution < -0.4 is 20.1 Å². The highest BCUT2D eigenvalue weighted by molar-refractivity contribution is 6.02. The van der Waals surface area contributed by atoms with Crippen LogP contribution in [0.3, 0.4) is 0 Å². The summed E-state index contributed by atoms with van der Waals surface area (Å²) in [7, 11) is 3.15. The fraction of sp³-hybridized carbons (Fsp3) is 0.150. The van der Waals surface area contributed by atoms with Crippen molar-refractivity contribution in [3.63, 3.8) is 0 Å². The van der Waals surface area contributed by atoms with Crippen LogP contribution in [0, 0.1) is 5.82 Å². The van der Waals surface area contributed by atoms with Crippen LogP contribution in [-0.4, -0.2) is 30.1 Å². The highest BCUT2D eigenvalue weighted by Crippen LogP contribution is 2.27. The molecule has 2 aromatic carbocycles. The first kappa shape index (κ1) is 19.1. The Kier molecular flexibility index (Phi) is 6.01. The Morgan fingerprint density at radius 1 is 1.04 bits per heavy atom. The first-order valence-electron chi connectivity index (χ1n) is 8.43. The minimum absolute atomic E-state index is 0.0833. The summed E-state index contributed by atoms with van der Waals surface area (Å²) in [5.74, 6) is 0.725. The van der Waals surface area contributed by atoms with Gasteiger partial charge in [0.1, 0.15) is 17.3 Å². The summed E-state index contributed by atoms with van der Waals surface area (Å²) >= 11 is 0. The van der Waals surface area contributed by atoms with Gasteiger partial charge in [0.2, 0.25) is 0 Å². The number of rotatable bonds is 7. The number of carbonyl (C=O) groups excluding carboxylic acids is 1. The number of nitrogens with one attached hydrogen (secondary N) is 2. The first-order chi connectivity index (χ1) is 13.6. The van der Waals surface area contributed by atoms with Crippen molar-refractivity contribution in [3.05, 3.63) is 71.9 Å². The normalized spacial score (nSPS) is 10.2. The number of hydrogen-bond donors (Lipinski definition) is 2. The topological polar surface area (TPSA) is 85.4 Å². The van der Waals surface area contributed by atoms with E-state index >= 15 is 0 Å². The van der Waals surface area contributed by atoms with Crippen LogP contribution in [0.4, 0.5) is 15.9 Å². The zero-order valence-electron chi connectivity index (χ0n) is 15.4. The van der Waals surface area contributed by atoms with E-state index in [4.69, 9.17) is 9.47 Å². The molecule has 0 spiro atoms. The maximum Gasteiger partial charge on any atom is 0.275 e. The maximum atomic E-state index is 13.6.